The van der Waals surface area contributed by atoms with Gasteiger partial charge >= 0.3 is 0 Å². The van der Waals surface area contributed by atoms with Gasteiger partial charge in [0.1, 0.15) is 0 Å². The zero-order chi connectivity index (χ0) is 15.7. The molecule has 1 atom stereocenters. The second-order valence-corrected chi connectivity index (χ2v) is 7.05. The van der Waals surface area contributed by atoms with Crippen molar-refractivity contribution in [2.45, 2.75) is 16.6 Å². The molecule has 0 bridgehead atoms. The highest BCUT2D eigenvalue weighted by molar-refractivity contribution is 9.10. The van der Waals surface area contributed by atoms with Crippen LogP contribution < -0.4 is 10.6 Å². The van der Waals surface area contributed by atoms with Crippen molar-refractivity contribution in [1.29, 1.82) is 0 Å². The number of benzene rings is 2. The highest BCUT2D eigenvalue weighted by atomic mass is 79.9. The molecule has 0 spiro atoms. The number of imide groups is 1. The molecule has 4 nitrogen and oxygen atoms in total. The van der Waals surface area contributed by atoms with Crippen LogP contribution in [0.5, 0.6) is 0 Å². The second kappa shape index (κ2) is 6.14. The standard InChI is InChI=1S/C16H13BrN2O2S/c17-10-5-7-11(8-6-10)19-15(20)9-14(16(19)21)22-13-4-2-1-3-12(13)18/h1-8,14H,9,18H2/t14-/m1/s1. The molecule has 0 unspecified atom stereocenters. The van der Waals surface area contributed by atoms with Gasteiger partial charge in [0.25, 0.3) is 0 Å². The predicted molar refractivity (Wildman–Crippen MR) is 91.8 cm³/mol. The van der Waals surface area contributed by atoms with Crippen molar-refractivity contribution in [2.75, 3.05) is 10.6 Å². The highest BCUT2D eigenvalue weighted by Crippen LogP contribution is 2.36. The van der Waals surface area contributed by atoms with E-state index in [2.05, 4.69) is 15.9 Å². The van der Waals surface area contributed by atoms with Crippen LogP contribution in [-0.2, 0) is 9.59 Å². The number of nitrogen functional groups attached to an aromatic ring is 1. The van der Waals surface area contributed by atoms with Crippen LogP contribution in [-0.4, -0.2) is 17.1 Å². The lowest BCUT2D eigenvalue weighted by Gasteiger charge is -2.15. The average Bonchev–Trinajstić information content (AvgIpc) is 2.77. The first kappa shape index (κ1) is 15.1. The molecule has 2 amide bonds. The molecule has 0 saturated carbocycles. The average molecular weight is 377 g/mol. The Morgan fingerprint density at radius 3 is 2.45 bits per heavy atom. The Bertz CT molecular complexity index is 733. The lowest BCUT2D eigenvalue weighted by Crippen LogP contribution is -2.31. The second-order valence-electron chi connectivity index (χ2n) is 4.89. The summed E-state index contributed by atoms with van der Waals surface area (Å²) >= 11 is 4.69. The molecular formula is C16H13BrN2O2S. The zero-order valence-corrected chi connectivity index (χ0v) is 13.9. The van der Waals surface area contributed by atoms with E-state index >= 15 is 0 Å². The summed E-state index contributed by atoms with van der Waals surface area (Å²) < 4.78 is 0.901. The van der Waals surface area contributed by atoms with Crippen molar-refractivity contribution < 1.29 is 9.59 Å². The van der Waals surface area contributed by atoms with Crippen LogP contribution in [0.25, 0.3) is 0 Å². The molecule has 2 aromatic rings. The van der Waals surface area contributed by atoms with Crippen molar-refractivity contribution in [2.24, 2.45) is 0 Å². The Labute approximate surface area is 140 Å². The number of para-hydroxylation sites is 1. The molecule has 2 N–H and O–H groups in total. The zero-order valence-electron chi connectivity index (χ0n) is 11.5. The Hall–Kier alpha value is -1.79. The summed E-state index contributed by atoms with van der Waals surface area (Å²) in [4.78, 5) is 26.8. The number of nitrogens with zero attached hydrogens (tertiary/aromatic N) is 1. The quantitative estimate of drug-likeness (QED) is 0.657. The molecule has 1 heterocycles. The van der Waals surface area contributed by atoms with Crippen LogP contribution in [0.2, 0.25) is 0 Å². The lowest BCUT2D eigenvalue weighted by molar-refractivity contribution is -0.121. The first-order valence-electron chi connectivity index (χ1n) is 6.70. The van der Waals surface area contributed by atoms with E-state index in [1.165, 1.54) is 16.7 Å². The molecule has 112 valence electrons. The van der Waals surface area contributed by atoms with Crippen molar-refractivity contribution >= 4 is 50.9 Å². The van der Waals surface area contributed by atoms with Gasteiger partial charge in [0.05, 0.1) is 10.9 Å². The molecule has 0 aliphatic carbocycles. The van der Waals surface area contributed by atoms with Crippen LogP contribution in [0.1, 0.15) is 6.42 Å². The lowest BCUT2D eigenvalue weighted by atomic mass is 10.3. The third-order valence-electron chi connectivity index (χ3n) is 3.38. The number of amides is 2. The Morgan fingerprint density at radius 1 is 1.09 bits per heavy atom. The van der Waals surface area contributed by atoms with Gasteiger partial charge in [0.2, 0.25) is 11.8 Å². The van der Waals surface area contributed by atoms with E-state index in [9.17, 15) is 9.59 Å². The minimum Gasteiger partial charge on any atom is -0.398 e. The van der Waals surface area contributed by atoms with Gasteiger partial charge < -0.3 is 5.73 Å². The fraction of sp³-hybridized carbons (Fsp3) is 0.125. The van der Waals surface area contributed by atoms with Gasteiger partial charge in [-0.3, -0.25) is 9.59 Å². The number of nitrogens with two attached hydrogens (primary N) is 1. The molecular weight excluding hydrogens is 364 g/mol. The van der Waals surface area contributed by atoms with E-state index in [-0.39, 0.29) is 18.2 Å². The van der Waals surface area contributed by atoms with E-state index in [4.69, 9.17) is 5.73 Å². The van der Waals surface area contributed by atoms with Gasteiger partial charge in [-0.2, -0.15) is 0 Å². The van der Waals surface area contributed by atoms with Crippen molar-refractivity contribution in [3.63, 3.8) is 0 Å². The molecule has 22 heavy (non-hydrogen) atoms. The van der Waals surface area contributed by atoms with Crippen LogP contribution in [0.3, 0.4) is 0 Å². The highest BCUT2D eigenvalue weighted by Gasteiger charge is 2.40. The van der Waals surface area contributed by atoms with Crippen LogP contribution in [0.15, 0.2) is 57.9 Å². The van der Waals surface area contributed by atoms with Crippen LogP contribution >= 0.6 is 27.7 Å². The molecule has 1 aliphatic rings. The van der Waals surface area contributed by atoms with Gasteiger partial charge in [-0.15, -0.1) is 11.8 Å². The number of hydrogen-bond donors (Lipinski definition) is 1. The van der Waals surface area contributed by atoms with Gasteiger partial charge in [-0.1, -0.05) is 28.1 Å². The Morgan fingerprint density at radius 2 is 1.77 bits per heavy atom. The molecule has 1 saturated heterocycles. The maximum absolute atomic E-state index is 12.5. The number of thioether (sulfide) groups is 1. The number of hydrogen-bond acceptors (Lipinski definition) is 4. The summed E-state index contributed by atoms with van der Waals surface area (Å²) in [5.41, 5.74) is 7.12. The van der Waals surface area contributed by atoms with E-state index in [0.717, 1.165) is 9.37 Å². The van der Waals surface area contributed by atoms with E-state index in [1.54, 1.807) is 18.2 Å². The van der Waals surface area contributed by atoms with Crippen molar-refractivity contribution in [1.82, 2.24) is 0 Å². The number of carbonyl (C=O) groups excluding carboxylic acids is 2. The Kier molecular flexibility index (Phi) is 4.22. The van der Waals surface area contributed by atoms with Gasteiger partial charge in [-0.25, -0.2) is 4.90 Å². The summed E-state index contributed by atoms with van der Waals surface area (Å²) in [5, 5.41) is -0.430. The summed E-state index contributed by atoms with van der Waals surface area (Å²) in [6.07, 6.45) is 0.188. The summed E-state index contributed by atoms with van der Waals surface area (Å²) in [5.74, 6) is -0.375. The monoisotopic (exact) mass is 376 g/mol. The molecule has 0 aromatic heterocycles. The topological polar surface area (TPSA) is 63.4 Å². The smallest absolute Gasteiger partial charge is 0.247 e. The molecule has 6 heteroatoms. The van der Waals surface area contributed by atoms with E-state index < -0.39 is 5.25 Å². The number of anilines is 2. The number of rotatable bonds is 3. The SMILES string of the molecule is Nc1ccccc1S[C@@H]1CC(=O)N(c2ccc(Br)cc2)C1=O. The van der Waals surface area contributed by atoms with Crippen LogP contribution in [0.4, 0.5) is 11.4 Å². The fourth-order valence-corrected chi connectivity index (χ4v) is 3.66. The fourth-order valence-electron chi connectivity index (χ4n) is 2.30. The summed E-state index contributed by atoms with van der Waals surface area (Å²) in [6, 6.07) is 14.5. The number of carbonyl (C=O) groups is 2. The van der Waals surface area contributed by atoms with Crippen molar-refractivity contribution in [3.8, 4) is 0 Å². The van der Waals surface area contributed by atoms with Gasteiger partial charge in [0, 0.05) is 21.5 Å². The summed E-state index contributed by atoms with van der Waals surface area (Å²) in [7, 11) is 0. The minimum atomic E-state index is -0.430. The molecule has 0 radical (unpaired) electrons. The Balaban J connectivity index is 1.82. The van der Waals surface area contributed by atoms with E-state index in [1.807, 2.05) is 30.3 Å². The normalized spacial score (nSPS) is 18.0. The van der Waals surface area contributed by atoms with E-state index in [0.29, 0.717) is 11.4 Å². The first-order chi connectivity index (χ1) is 10.6. The third kappa shape index (κ3) is 2.89. The largest absolute Gasteiger partial charge is 0.398 e. The third-order valence-corrected chi connectivity index (χ3v) is 5.19. The van der Waals surface area contributed by atoms with Crippen molar-refractivity contribution in [3.05, 3.63) is 53.0 Å². The first-order valence-corrected chi connectivity index (χ1v) is 8.37. The maximum Gasteiger partial charge on any atom is 0.247 e. The molecule has 3 rings (SSSR count). The molecule has 2 aromatic carbocycles. The van der Waals surface area contributed by atoms with Gasteiger partial charge in [-0.05, 0) is 36.4 Å². The maximum atomic E-state index is 12.5. The summed E-state index contributed by atoms with van der Waals surface area (Å²) in [6.45, 7) is 0. The predicted octanol–water partition coefficient (Wildman–Crippen LogP) is 3.46. The molecule has 1 fully saturated rings. The van der Waals surface area contributed by atoms with Crippen LogP contribution in [0, 0.1) is 0 Å². The minimum absolute atomic E-state index is 0.181. The van der Waals surface area contributed by atoms with Gasteiger partial charge in [0.15, 0.2) is 0 Å². The number of halogens is 1. The molecule has 1 aliphatic heterocycles.